The first-order valence-electron chi connectivity index (χ1n) is 7.75. The minimum absolute atomic E-state index is 0.371. The molecule has 1 aliphatic rings. The zero-order valence-corrected chi connectivity index (χ0v) is 11.7. The van der Waals surface area contributed by atoms with Crippen molar-refractivity contribution in [3.8, 4) is 0 Å². The topological polar surface area (TPSA) is 52.0 Å². The van der Waals surface area contributed by atoms with Crippen molar-refractivity contribution in [1.82, 2.24) is 0 Å². The van der Waals surface area contributed by atoms with Gasteiger partial charge in [0, 0.05) is 12.1 Å². The number of unbranched alkanes of at least 4 members (excludes halogenated alkanes) is 6. The van der Waals surface area contributed by atoms with Crippen molar-refractivity contribution in [2.24, 2.45) is 17.4 Å². The van der Waals surface area contributed by atoms with Crippen LogP contribution in [0.1, 0.15) is 77.6 Å². The minimum Gasteiger partial charge on any atom is -0.328 e. The highest BCUT2D eigenvalue weighted by atomic mass is 14.7. The molecule has 0 radical (unpaired) electrons. The minimum atomic E-state index is 0.371. The van der Waals surface area contributed by atoms with Gasteiger partial charge in [-0.1, -0.05) is 51.9 Å². The molecule has 0 aliphatic heterocycles. The van der Waals surface area contributed by atoms with Crippen molar-refractivity contribution in [3.63, 3.8) is 0 Å². The molecule has 0 heterocycles. The molecule has 0 amide bonds. The van der Waals surface area contributed by atoms with E-state index in [1.54, 1.807) is 0 Å². The summed E-state index contributed by atoms with van der Waals surface area (Å²) >= 11 is 0. The molecular weight excluding hydrogens is 208 g/mol. The maximum atomic E-state index is 6.17. The van der Waals surface area contributed by atoms with Gasteiger partial charge in [0.2, 0.25) is 0 Å². The third-order valence-electron chi connectivity index (χ3n) is 4.27. The molecule has 0 aromatic rings. The summed E-state index contributed by atoms with van der Waals surface area (Å²) in [5, 5.41) is 0. The van der Waals surface area contributed by atoms with E-state index >= 15 is 0 Å². The molecule has 1 rings (SSSR count). The van der Waals surface area contributed by atoms with Gasteiger partial charge in [-0.3, -0.25) is 0 Å². The van der Waals surface area contributed by atoms with E-state index in [0.29, 0.717) is 12.1 Å². The summed E-state index contributed by atoms with van der Waals surface area (Å²) < 4.78 is 0. The number of nitrogens with two attached hydrogens (primary N) is 2. The standard InChI is InChI=1S/C15H32N2/c1-2-3-4-5-6-7-8-9-13-10-11-14(16)12-15(13)17/h13-15H,2-12,16-17H2,1H3. The van der Waals surface area contributed by atoms with E-state index in [9.17, 15) is 0 Å². The molecule has 2 nitrogen and oxygen atoms in total. The zero-order valence-electron chi connectivity index (χ0n) is 11.7. The Morgan fingerprint density at radius 3 is 2.18 bits per heavy atom. The van der Waals surface area contributed by atoms with Gasteiger partial charge in [0.1, 0.15) is 0 Å². The summed E-state index contributed by atoms with van der Waals surface area (Å²) in [6.45, 7) is 2.27. The molecule has 0 bridgehead atoms. The normalized spacial score (nSPS) is 29.5. The van der Waals surface area contributed by atoms with Crippen molar-refractivity contribution in [1.29, 1.82) is 0 Å². The van der Waals surface area contributed by atoms with Crippen LogP contribution in [0.4, 0.5) is 0 Å². The Balaban J connectivity index is 1.95. The van der Waals surface area contributed by atoms with Crippen LogP contribution < -0.4 is 11.5 Å². The summed E-state index contributed by atoms with van der Waals surface area (Å²) in [5.74, 6) is 0.755. The Morgan fingerprint density at radius 1 is 0.882 bits per heavy atom. The second-order valence-corrected chi connectivity index (χ2v) is 5.91. The monoisotopic (exact) mass is 240 g/mol. The summed E-state index contributed by atoms with van der Waals surface area (Å²) in [5.41, 5.74) is 12.1. The first-order chi connectivity index (χ1) is 8.24. The molecule has 17 heavy (non-hydrogen) atoms. The molecule has 3 unspecified atom stereocenters. The SMILES string of the molecule is CCCCCCCCCC1CCC(N)CC1N. The van der Waals surface area contributed by atoms with Crippen LogP contribution in [-0.2, 0) is 0 Å². The lowest BCUT2D eigenvalue weighted by Gasteiger charge is -2.32. The van der Waals surface area contributed by atoms with Crippen molar-refractivity contribution >= 4 is 0 Å². The Kier molecular flexibility index (Phi) is 7.87. The lowest BCUT2D eigenvalue weighted by atomic mass is 9.80. The lowest BCUT2D eigenvalue weighted by Crippen LogP contribution is -2.41. The van der Waals surface area contributed by atoms with Gasteiger partial charge in [-0.25, -0.2) is 0 Å². The van der Waals surface area contributed by atoms with Gasteiger partial charge in [-0.05, 0) is 31.6 Å². The third kappa shape index (κ3) is 6.42. The largest absolute Gasteiger partial charge is 0.328 e. The summed E-state index contributed by atoms with van der Waals surface area (Å²) in [4.78, 5) is 0. The number of hydrogen-bond acceptors (Lipinski definition) is 2. The molecule has 3 atom stereocenters. The van der Waals surface area contributed by atoms with Crippen LogP contribution in [0.3, 0.4) is 0 Å². The molecule has 102 valence electrons. The highest BCUT2D eigenvalue weighted by Crippen LogP contribution is 2.27. The predicted octanol–water partition coefficient (Wildman–Crippen LogP) is 3.58. The smallest absolute Gasteiger partial charge is 0.00818 e. The summed E-state index contributed by atoms with van der Waals surface area (Å²) in [6.07, 6.45) is 14.6. The zero-order chi connectivity index (χ0) is 12.5. The lowest BCUT2D eigenvalue weighted by molar-refractivity contribution is 0.261. The quantitative estimate of drug-likeness (QED) is 0.637. The average Bonchev–Trinajstić information content (AvgIpc) is 2.30. The van der Waals surface area contributed by atoms with E-state index in [-0.39, 0.29) is 0 Å². The highest BCUT2D eigenvalue weighted by Gasteiger charge is 2.25. The molecule has 2 heteroatoms. The first kappa shape index (κ1) is 15.0. The van der Waals surface area contributed by atoms with Gasteiger partial charge < -0.3 is 11.5 Å². The molecule has 0 aromatic carbocycles. The van der Waals surface area contributed by atoms with Gasteiger partial charge in [-0.15, -0.1) is 0 Å². The van der Waals surface area contributed by atoms with Crippen LogP contribution in [0.2, 0.25) is 0 Å². The van der Waals surface area contributed by atoms with E-state index in [1.807, 2.05) is 0 Å². The number of hydrogen-bond donors (Lipinski definition) is 2. The average molecular weight is 240 g/mol. The van der Waals surface area contributed by atoms with E-state index in [0.717, 1.165) is 12.3 Å². The Labute approximate surface area is 108 Å². The second kappa shape index (κ2) is 8.93. The summed E-state index contributed by atoms with van der Waals surface area (Å²) in [7, 11) is 0. The van der Waals surface area contributed by atoms with Gasteiger partial charge in [0.25, 0.3) is 0 Å². The molecule has 1 aliphatic carbocycles. The molecule has 1 saturated carbocycles. The fourth-order valence-corrected chi connectivity index (χ4v) is 3.02. The molecule has 0 aromatic heterocycles. The van der Waals surface area contributed by atoms with Gasteiger partial charge in [0.15, 0.2) is 0 Å². The van der Waals surface area contributed by atoms with Crippen molar-refractivity contribution < 1.29 is 0 Å². The Morgan fingerprint density at radius 2 is 1.53 bits per heavy atom. The fraction of sp³-hybridized carbons (Fsp3) is 1.00. The van der Waals surface area contributed by atoms with E-state index in [1.165, 1.54) is 64.2 Å². The van der Waals surface area contributed by atoms with Crippen LogP contribution in [-0.4, -0.2) is 12.1 Å². The molecule has 4 N–H and O–H groups in total. The van der Waals surface area contributed by atoms with E-state index in [2.05, 4.69) is 6.92 Å². The molecule has 0 spiro atoms. The van der Waals surface area contributed by atoms with Crippen molar-refractivity contribution in [3.05, 3.63) is 0 Å². The Hall–Kier alpha value is -0.0800. The van der Waals surface area contributed by atoms with Gasteiger partial charge >= 0.3 is 0 Å². The van der Waals surface area contributed by atoms with Crippen LogP contribution in [0.5, 0.6) is 0 Å². The first-order valence-corrected chi connectivity index (χ1v) is 7.75. The number of rotatable bonds is 8. The van der Waals surface area contributed by atoms with Crippen LogP contribution in [0.15, 0.2) is 0 Å². The molecule has 0 saturated heterocycles. The van der Waals surface area contributed by atoms with Gasteiger partial charge in [-0.2, -0.15) is 0 Å². The third-order valence-corrected chi connectivity index (χ3v) is 4.27. The summed E-state index contributed by atoms with van der Waals surface area (Å²) in [6, 6.07) is 0.745. The highest BCUT2D eigenvalue weighted by molar-refractivity contribution is 4.84. The van der Waals surface area contributed by atoms with Crippen LogP contribution in [0.25, 0.3) is 0 Å². The maximum absolute atomic E-state index is 6.17. The maximum Gasteiger partial charge on any atom is 0.00818 e. The van der Waals surface area contributed by atoms with Crippen molar-refractivity contribution in [2.45, 2.75) is 89.6 Å². The van der Waals surface area contributed by atoms with Crippen LogP contribution >= 0.6 is 0 Å². The predicted molar refractivity (Wildman–Crippen MR) is 75.9 cm³/mol. The molecular formula is C15H32N2. The van der Waals surface area contributed by atoms with Gasteiger partial charge in [0.05, 0.1) is 0 Å². The van der Waals surface area contributed by atoms with Crippen molar-refractivity contribution in [2.75, 3.05) is 0 Å². The fourth-order valence-electron chi connectivity index (χ4n) is 3.02. The van der Waals surface area contributed by atoms with Crippen LogP contribution in [0, 0.1) is 5.92 Å². The van der Waals surface area contributed by atoms with E-state index in [4.69, 9.17) is 11.5 Å². The second-order valence-electron chi connectivity index (χ2n) is 5.91. The molecule has 1 fully saturated rings. The van der Waals surface area contributed by atoms with E-state index < -0.39 is 0 Å². The Bertz CT molecular complexity index is 182.